The summed E-state index contributed by atoms with van der Waals surface area (Å²) in [6, 6.07) is 13.1. The van der Waals surface area contributed by atoms with Gasteiger partial charge in [-0.3, -0.25) is 5.43 Å². The summed E-state index contributed by atoms with van der Waals surface area (Å²) in [6.45, 7) is 1.84. The molecule has 1 aromatic heterocycles. The topological polar surface area (TPSA) is 73.1 Å². The third kappa shape index (κ3) is 2.74. The summed E-state index contributed by atoms with van der Waals surface area (Å²) in [6.07, 6.45) is 0. The molecule has 0 bridgehead atoms. The number of benzene rings is 2. The van der Waals surface area contributed by atoms with Crippen LogP contribution in [0.15, 0.2) is 42.5 Å². The van der Waals surface area contributed by atoms with Gasteiger partial charge < -0.3 is 4.74 Å². The van der Waals surface area contributed by atoms with Crippen molar-refractivity contribution < 1.29 is 4.74 Å². The number of hydrogen-bond donors (Lipinski definition) is 2. The average Bonchev–Trinajstić information content (AvgIpc) is 2.50. The Balaban J connectivity index is 2.06. The van der Waals surface area contributed by atoms with E-state index in [1.54, 1.807) is 12.1 Å². The molecule has 0 saturated carbocycles. The minimum absolute atomic E-state index is 0.309. The first-order valence-electron chi connectivity index (χ1n) is 6.35. The zero-order chi connectivity index (χ0) is 14.8. The molecule has 0 unspecified atom stereocenters. The van der Waals surface area contributed by atoms with E-state index in [9.17, 15) is 0 Å². The highest BCUT2D eigenvalue weighted by Crippen LogP contribution is 2.33. The molecule has 3 N–H and O–H groups in total. The van der Waals surface area contributed by atoms with Crippen LogP contribution in [0.25, 0.3) is 10.8 Å². The largest absolute Gasteiger partial charge is 0.438 e. The number of aryl methyl sites for hydroxylation is 1. The summed E-state index contributed by atoms with van der Waals surface area (Å²) in [5.74, 6) is 6.75. The predicted molar refractivity (Wildman–Crippen MR) is 83.6 cm³/mol. The molecule has 0 spiro atoms. The minimum Gasteiger partial charge on any atom is -0.438 e. The van der Waals surface area contributed by atoms with Crippen LogP contribution in [-0.2, 0) is 0 Å². The van der Waals surface area contributed by atoms with Gasteiger partial charge in [-0.05, 0) is 19.1 Å². The quantitative estimate of drug-likeness (QED) is 0.570. The second-order valence-electron chi connectivity index (χ2n) is 4.51. The van der Waals surface area contributed by atoms with Crippen LogP contribution in [0, 0.1) is 6.92 Å². The van der Waals surface area contributed by atoms with Crippen molar-refractivity contribution in [3.05, 3.63) is 53.2 Å². The third-order valence-corrected chi connectivity index (χ3v) is 3.33. The Morgan fingerprint density at radius 2 is 1.86 bits per heavy atom. The van der Waals surface area contributed by atoms with E-state index in [2.05, 4.69) is 15.4 Å². The lowest BCUT2D eigenvalue weighted by Crippen LogP contribution is -2.11. The van der Waals surface area contributed by atoms with E-state index < -0.39 is 0 Å². The molecule has 0 saturated heterocycles. The molecule has 0 radical (unpaired) electrons. The van der Waals surface area contributed by atoms with Gasteiger partial charge in [-0.2, -0.15) is 4.98 Å². The molecule has 0 aliphatic heterocycles. The molecule has 0 aliphatic rings. The molecule has 0 amide bonds. The number of hydrogen-bond acceptors (Lipinski definition) is 5. The van der Waals surface area contributed by atoms with Crippen LogP contribution in [0.1, 0.15) is 5.69 Å². The summed E-state index contributed by atoms with van der Waals surface area (Å²) in [4.78, 5) is 8.30. The standard InChI is InChI=1S/C15H13ClN4O/c1-9-8-14(19-15(18-9)20-17)21-13-7-6-12(16)10-4-2-3-5-11(10)13/h2-8H,17H2,1H3,(H,18,19,20). The van der Waals surface area contributed by atoms with Crippen LogP contribution >= 0.6 is 11.6 Å². The fourth-order valence-corrected chi connectivity index (χ4v) is 2.32. The first kappa shape index (κ1) is 13.6. The molecular weight excluding hydrogens is 288 g/mol. The highest BCUT2D eigenvalue weighted by atomic mass is 35.5. The predicted octanol–water partition coefficient (Wildman–Crippen LogP) is 3.67. The lowest BCUT2D eigenvalue weighted by molar-refractivity contribution is 0.467. The van der Waals surface area contributed by atoms with E-state index in [0.717, 1.165) is 16.5 Å². The van der Waals surface area contributed by atoms with Gasteiger partial charge in [0, 0.05) is 27.6 Å². The monoisotopic (exact) mass is 300 g/mol. The maximum absolute atomic E-state index is 6.20. The maximum Gasteiger partial charge on any atom is 0.240 e. The van der Waals surface area contributed by atoms with E-state index in [-0.39, 0.29) is 0 Å². The van der Waals surface area contributed by atoms with Gasteiger partial charge >= 0.3 is 0 Å². The van der Waals surface area contributed by atoms with Gasteiger partial charge in [-0.1, -0.05) is 35.9 Å². The number of nitrogens with one attached hydrogen (secondary N) is 1. The van der Waals surface area contributed by atoms with Crippen molar-refractivity contribution in [2.24, 2.45) is 5.84 Å². The second-order valence-corrected chi connectivity index (χ2v) is 4.92. The molecule has 3 aromatic rings. The van der Waals surface area contributed by atoms with Crippen LogP contribution in [0.2, 0.25) is 5.02 Å². The smallest absolute Gasteiger partial charge is 0.240 e. The number of nitrogens with zero attached hydrogens (tertiary/aromatic N) is 2. The van der Waals surface area contributed by atoms with Gasteiger partial charge in [-0.25, -0.2) is 10.8 Å². The molecule has 2 aromatic carbocycles. The van der Waals surface area contributed by atoms with Crippen LogP contribution in [0.5, 0.6) is 11.6 Å². The number of ether oxygens (including phenoxy) is 1. The Morgan fingerprint density at radius 1 is 1.10 bits per heavy atom. The lowest BCUT2D eigenvalue weighted by atomic mass is 10.1. The number of aromatic nitrogens is 2. The zero-order valence-electron chi connectivity index (χ0n) is 11.3. The van der Waals surface area contributed by atoms with Gasteiger partial charge in [0.25, 0.3) is 0 Å². The molecule has 5 nitrogen and oxygen atoms in total. The summed E-state index contributed by atoms with van der Waals surface area (Å²) in [7, 11) is 0. The molecule has 21 heavy (non-hydrogen) atoms. The van der Waals surface area contributed by atoms with Crippen LogP contribution in [0.4, 0.5) is 5.95 Å². The number of rotatable bonds is 3. The normalized spacial score (nSPS) is 10.6. The second kappa shape index (κ2) is 5.55. The fraction of sp³-hybridized carbons (Fsp3) is 0.0667. The van der Waals surface area contributed by atoms with E-state index in [1.807, 2.05) is 37.3 Å². The van der Waals surface area contributed by atoms with Gasteiger partial charge in [0.15, 0.2) is 0 Å². The number of nitrogens with two attached hydrogens (primary N) is 1. The van der Waals surface area contributed by atoms with Gasteiger partial charge in [0.2, 0.25) is 11.8 Å². The Morgan fingerprint density at radius 3 is 2.62 bits per heavy atom. The molecule has 1 heterocycles. The average molecular weight is 301 g/mol. The van der Waals surface area contributed by atoms with Crippen molar-refractivity contribution in [3.8, 4) is 11.6 Å². The zero-order valence-corrected chi connectivity index (χ0v) is 12.1. The Labute approximate surface area is 126 Å². The molecule has 0 aliphatic carbocycles. The summed E-state index contributed by atoms with van der Waals surface area (Å²) in [5.41, 5.74) is 3.17. The molecule has 0 atom stereocenters. The summed E-state index contributed by atoms with van der Waals surface area (Å²) >= 11 is 6.20. The fourth-order valence-electron chi connectivity index (χ4n) is 2.09. The van der Waals surface area contributed by atoms with Crippen LogP contribution in [-0.4, -0.2) is 9.97 Å². The van der Waals surface area contributed by atoms with Gasteiger partial charge in [0.05, 0.1) is 0 Å². The number of halogens is 1. The first-order chi connectivity index (χ1) is 10.2. The third-order valence-electron chi connectivity index (χ3n) is 3.01. The minimum atomic E-state index is 0.309. The van der Waals surface area contributed by atoms with Crippen molar-refractivity contribution in [1.29, 1.82) is 0 Å². The number of nitrogen functional groups attached to an aromatic ring is 1. The van der Waals surface area contributed by atoms with E-state index in [4.69, 9.17) is 22.2 Å². The molecular formula is C15H13ClN4O. The lowest BCUT2D eigenvalue weighted by Gasteiger charge is -2.10. The van der Waals surface area contributed by atoms with Crippen molar-refractivity contribution in [1.82, 2.24) is 9.97 Å². The Kier molecular flexibility index (Phi) is 3.60. The number of fused-ring (bicyclic) bond motifs is 1. The van der Waals surface area contributed by atoms with Crippen molar-refractivity contribution in [2.45, 2.75) is 6.92 Å². The summed E-state index contributed by atoms with van der Waals surface area (Å²) in [5, 5.41) is 2.53. The van der Waals surface area contributed by atoms with Gasteiger partial charge in [0.1, 0.15) is 5.75 Å². The van der Waals surface area contributed by atoms with Crippen LogP contribution < -0.4 is 16.0 Å². The number of anilines is 1. The van der Waals surface area contributed by atoms with Crippen molar-refractivity contribution >= 4 is 28.3 Å². The SMILES string of the molecule is Cc1cc(Oc2ccc(Cl)c3ccccc23)nc(NN)n1. The maximum atomic E-state index is 6.20. The van der Waals surface area contributed by atoms with E-state index in [1.165, 1.54) is 0 Å². The number of hydrazine groups is 1. The Hall–Kier alpha value is -2.37. The van der Waals surface area contributed by atoms with Crippen molar-refractivity contribution in [2.75, 3.05) is 5.43 Å². The summed E-state index contributed by atoms with van der Waals surface area (Å²) < 4.78 is 5.86. The Bertz CT molecular complexity index is 807. The highest BCUT2D eigenvalue weighted by molar-refractivity contribution is 6.35. The van der Waals surface area contributed by atoms with Crippen molar-refractivity contribution in [3.63, 3.8) is 0 Å². The molecule has 0 fully saturated rings. The van der Waals surface area contributed by atoms with E-state index in [0.29, 0.717) is 22.6 Å². The molecule has 6 heteroatoms. The molecule has 3 rings (SSSR count). The van der Waals surface area contributed by atoms with Crippen LogP contribution in [0.3, 0.4) is 0 Å². The van der Waals surface area contributed by atoms with Gasteiger partial charge in [-0.15, -0.1) is 0 Å². The van der Waals surface area contributed by atoms with E-state index >= 15 is 0 Å². The molecule has 106 valence electrons. The highest BCUT2D eigenvalue weighted by Gasteiger charge is 2.08. The first-order valence-corrected chi connectivity index (χ1v) is 6.72.